The van der Waals surface area contributed by atoms with Crippen molar-refractivity contribution in [2.45, 2.75) is 48.4 Å². The van der Waals surface area contributed by atoms with Gasteiger partial charge < -0.3 is 0 Å². The van der Waals surface area contributed by atoms with Crippen LogP contribution < -0.4 is 4.72 Å². The largest absolute Gasteiger partial charge is 0.243 e. The Balaban J connectivity index is 1.72. The topological polar surface area (TPSA) is 83.6 Å². The van der Waals surface area contributed by atoms with Crippen molar-refractivity contribution in [1.29, 1.82) is 0 Å². The van der Waals surface area contributed by atoms with E-state index in [4.69, 9.17) is 23.2 Å². The molecule has 1 heterocycles. The number of nitrogens with zero attached hydrogens (tertiary/aromatic N) is 1. The lowest BCUT2D eigenvalue weighted by Gasteiger charge is -2.34. The first-order chi connectivity index (χ1) is 14.1. The van der Waals surface area contributed by atoms with Gasteiger partial charge in [-0.15, -0.1) is 0 Å². The Morgan fingerprint density at radius 1 is 1.03 bits per heavy atom. The molecule has 1 unspecified atom stereocenters. The lowest BCUT2D eigenvalue weighted by atomic mass is 10.0. The highest BCUT2D eigenvalue weighted by molar-refractivity contribution is 7.89. The first-order valence-corrected chi connectivity index (χ1v) is 13.3. The molecule has 0 amide bonds. The van der Waals surface area contributed by atoms with E-state index in [2.05, 4.69) is 4.72 Å². The summed E-state index contributed by atoms with van der Waals surface area (Å²) in [6.45, 7) is 2.42. The molecule has 1 fully saturated rings. The second-order valence-electron chi connectivity index (χ2n) is 7.34. The molecule has 0 saturated carbocycles. The Morgan fingerprint density at radius 2 is 1.73 bits per heavy atom. The molecule has 1 aliphatic heterocycles. The number of aryl methyl sites for hydroxylation is 1. The van der Waals surface area contributed by atoms with Crippen LogP contribution in [0.25, 0.3) is 0 Å². The van der Waals surface area contributed by atoms with Gasteiger partial charge in [-0.2, -0.15) is 4.31 Å². The molecule has 0 aromatic heterocycles. The van der Waals surface area contributed by atoms with Gasteiger partial charge in [0.05, 0.1) is 9.92 Å². The van der Waals surface area contributed by atoms with Crippen molar-refractivity contribution in [2.75, 3.05) is 13.1 Å². The van der Waals surface area contributed by atoms with Gasteiger partial charge in [-0.05, 0) is 56.5 Å². The molecule has 3 rings (SSSR count). The maximum Gasteiger partial charge on any atom is 0.243 e. The van der Waals surface area contributed by atoms with E-state index < -0.39 is 20.0 Å². The van der Waals surface area contributed by atoms with E-state index in [1.54, 1.807) is 24.3 Å². The van der Waals surface area contributed by atoms with Crippen LogP contribution in [0.2, 0.25) is 10.0 Å². The molecule has 2 aromatic carbocycles. The smallest absolute Gasteiger partial charge is 0.211 e. The quantitative estimate of drug-likeness (QED) is 0.629. The molecule has 0 aliphatic carbocycles. The van der Waals surface area contributed by atoms with E-state index >= 15 is 0 Å². The van der Waals surface area contributed by atoms with Crippen LogP contribution in [0.4, 0.5) is 0 Å². The maximum absolute atomic E-state index is 13.1. The molecule has 1 aliphatic rings. The molecule has 1 atom stereocenters. The number of halogens is 2. The fraction of sp³-hybridized carbons (Fsp3) is 0.400. The van der Waals surface area contributed by atoms with E-state index in [1.807, 2.05) is 6.92 Å². The first-order valence-electron chi connectivity index (χ1n) is 9.64. The number of hydrogen-bond acceptors (Lipinski definition) is 4. The zero-order chi connectivity index (χ0) is 21.9. The average Bonchev–Trinajstić information content (AvgIpc) is 2.70. The minimum Gasteiger partial charge on any atom is -0.211 e. The van der Waals surface area contributed by atoms with Crippen molar-refractivity contribution in [3.8, 4) is 0 Å². The van der Waals surface area contributed by atoms with Crippen LogP contribution in [0, 0.1) is 6.92 Å². The van der Waals surface area contributed by atoms with Gasteiger partial charge in [0.15, 0.2) is 0 Å². The first kappa shape index (κ1) is 23.5. The lowest BCUT2D eigenvalue weighted by molar-refractivity contribution is 0.242. The fourth-order valence-corrected chi connectivity index (χ4v) is 7.08. The molecular formula is C20H24Cl2N2O4S2. The predicted molar refractivity (Wildman–Crippen MR) is 119 cm³/mol. The summed E-state index contributed by atoms with van der Waals surface area (Å²) >= 11 is 11.9. The summed E-state index contributed by atoms with van der Waals surface area (Å²) in [6.07, 6.45) is 2.73. The molecule has 6 nitrogen and oxygen atoms in total. The number of benzene rings is 2. The standard InChI is InChI=1S/C20H24Cl2N2O4S2/c1-15-5-8-18(9-6-15)30(27,28)24-13-3-2-4-17(24)11-12-23-29(25,26)20-14-16(21)7-10-19(20)22/h5-10,14,17,23H,2-4,11-13H2,1H3. The summed E-state index contributed by atoms with van der Waals surface area (Å²) in [5.74, 6) is 0. The minimum atomic E-state index is -3.86. The van der Waals surface area contributed by atoms with Gasteiger partial charge in [0, 0.05) is 24.2 Å². The minimum absolute atomic E-state index is 0.0770. The molecule has 1 N–H and O–H groups in total. The molecule has 1 saturated heterocycles. The van der Waals surface area contributed by atoms with Crippen LogP contribution in [-0.4, -0.2) is 40.3 Å². The number of nitrogens with one attached hydrogen (secondary N) is 1. The van der Waals surface area contributed by atoms with Crippen LogP contribution in [-0.2, 0) is 20.0 Å². The van der Waals surface area contributed by atoms with Gasteiger partial charge in [0.25, 0.3) is 0 Å². The average molecular weight is 491 g/mol. The second-order valence-corrected chi connectivity index (χ2v) is 11.8. The molecule has 10 heteroatoms. The van der Waals surface area contributed by atoms with Crippen molar-refractivity contribution < 1.29 is 16.8 Å². The van der Waals surface area contributed by atoms with E-state index in [0.717, 1.165) is 18.4 Å². The van der Waals surface area contributed by atoms with Gasteiger partial charge in [0.2, 0.25) is 20.0 Å². The van der Waals surface area contributed by atoms with Crippen LogP contribution in [0.15, 0.2) is 52.3 Å². The third-order valence-corrected chi connectivity index (χ3v) is 9.30. The Hall–Kier alpha value is -1.16. The molecule has 30 heavy (non-hydrogen) atoms. The Labute approximate surface area is 188 Å². The van der Waals surface area contributed by atoms with Gasteiger partial charge in [0.1, 0.15) is 4.90 Å². The predicted octanol–water partition coefficient (Wildman–Crippen LogP) is 4.21. The third kappa shape index (κ3) is 5.36. The van der Waals surface area contributed by atoms with Crippen molar-refractivity contribution in [3.63, 3.8) is 0 Å². The van der Waals surface area contributed by atoms with Crippen molar-refractivity contribution in [3.05, 3.63) is 58.1 Å². The molecule has 0 radical (unpaired) electrons. The van der Waals surface area contributed by atoms with E-state index in [0.29, 0.717) is 19.4 Å². The van der Waals surface area contributed by atoms with Gasteiger partial charge >= 0.3 is 0 Å². The zero-order valence-electron chi connectivity index (χ0n) is 16.5. The van der Waals surface area contributed by atoms with Crippen LogP contribution in [0.5, 0.6) is 0 Å². The Kier molecular flexibility index (Phi) is 7.48. The normalized spacial score (nSPS) is 18.4. The van der Waals surface area contributed by atoms with E-state index in [1.165, 1.54) is 22.5 Å². The van der Waals surface area contributed by atoms with Gasteiger partial charge in [-0.1, -0.05) is 47.3 Å². The van der Waals surface area contributed by atoms with Crippen LogP contribution in [0.3, 0.4) is 0 Å². The number of piperidine rings is 1. The van der Waals surface area contributed by atoms with Crippen LogP contribution >= 0.6 is 23.2 Å². The van der Waals surface area contributed by atoms with Crippen molar-refractivity contribution >= 4 is 43.2 Å². The Morgan fingerprint density at radius 3 is 2.43 bits per heavy atom. The summed E-state index contributed by atoms with van der Waals surface area (Å²) in [7, 11) is -7.50. The van der Waals surface area contributed by atoms with Gasteiger partial charge in [-0.3, -0.25) is 0 Å². The third-order valence-electron chi connectivity index (χ3n) is 5.15. The summed E-state index contributed by atoms with van der Waals surface area (Å²) in [4.78, 5) is 0.163. The highest BCUT2D eigenvalue weighted by Gasteiger charge is 2.33. The highest BCUT2D eigenvalue weighted by atomic mass is 35.5. The maximum atomic E-state index is 13.1. The number of rotatable bonds is 7. The monoisotopic (exact) mass is 490 g/mol. The number of hydrogen-bond donors (Lipinski definition) is 1. The summed E-state index contributed by atoms with van der Waals surface area (Å²) < 4.78 is 55.5. The molecule has 0 spiro atoms. The zero-order valence-corrected chi connectivity index (χ0v) is 19.7. The fourth-order valence-electron chi connectivity index (χ4n) is 3.55. The van der Waals surface area contributed by atoms with E-state index in [9.17, 15) is 16.8 Å². The molecular weight excluding hydrogens is 467 g/mol. The van der Waals surface area contributed by atoms with E-state index in [-0.39, 0.29) is 32.4 Å². The van der Waals surface area contributed by atoms with Gasteiger partial charge in [-0.25, -0.2) is 21.6 Å². The lowest BCUT2D eigenvalue weighted by Crippen LogP contribution is -2.45. The summed E-state index contributed by atoms with van der Waals surface area (Å²) in [5, 5.41) is 0.343. The number of sulfonamides is 2. The van der Waals surface area contributed by atoms with Crippen molar-refractivity contribution in [1.82, 2.24) is 9.03 Å². The van der Waals surface area contributed by atoms with Crippen molar-refractivity contribution in [2.24, 2.45) is 0 Å². The summed E-state index contributed by atoms with van der Waals surface area (Å²) in [6, 6.07) is 10.7. The molecule has 0 bridgehead atoms. The molecule has 164 valence electrons. The molecule has 2 aromatic rings. The Bertz CT molecular complexity index is 1100. The summed E-state index contributed by atoms with van der Waals surface area (Å²) in [5.41, 5.74) is 0.984. The second kappa shape index (κ2) is 9.54. The highest BCUT2D eigenvalue weighted by Crippen LogP contribution is 2.28. The SMILES string of the molecule is Cc1ccc(S(=O)(=O)N2CCCCC2CCNS(=O)(=O)c2cc(Cl)ccc2Cl)cc1. The van der Waals surface area contributed by atoms with Crippen LogP contribution in [0.1, 0.15) is 31.2 Å².